The van der Waals surface area contributed by atoms with E-state index in [1.165, 1.54) is 7.11 Å². The number of aromatic nitrogens is 2. The van der Waals surface area contributed by atoms with E-state index in [2.05, 4.69) is 15.1 Å². The van der Waals surface area contributed by atoms with Crippen LogP contribution in [-0.4, -0.2) is 55.3 Å². The molecule has 2 aromatic carbocycles. The number of aliphatic hydroxyl groups excluding tert-OH is 1. The number of hydrogen-bond donors (Lipinski definition) is 1. The van der Waals surface area contributed by atoms with Gasteiger partial charge in [0.1, 0.15) is 30.0 Å². The van der Waals surface area contributed by atoms with E-state index in [0.717, 1.165) is 16.9 Å². The Kier molecular flexibility index (Phi) is 6.46. The topological polar surface area (TPSA) is 89.3 Å². The van der Waals surface area contributed by atoms with Crippen LogP contribution in [-0.2, 0) is 4.84 Å². The van der Waals surface area contributed by atoms with E-state index in [1.807, 2.05) is 42.2 Å². The van der Waals surface area contributed by atoms with Crippen molar-refractivity contribution in [2.75, 3.05) is 39.4 Å². The summed E-state index contributed by atoms with van der Waals surface area (Å²) >= 11 is 0. The van der Waals surface area contributed by atoms with Crippen molar-refractivity contribution in [3.05, 3.63) is 48.3 Å². The summed E-state index contributed by atoms with van der Waals surface area (Å²) in [6.45, 7) is 2.17. The highest BCUT2D eigenvalue weighted by molar-refractivity contribution is 5.97. The van der Waals surface area contributed by atoms with E-state index in [0.29, 0.717) is 35.0 Å². The molecule has 0 aliphatic carbocycles. The molecule has 1 aromatic heterocycles. The number of rotatable bonds is 8. The SMILES string of the molecule is CON=C(C)c1cnc2ccc(N(CCO)c3cc(OC)cc(OC)c3)cc2n1. The summed E-state index contributed by atoms with van der Waals surface area (Å²) in [5.74, 6) is 1.33. The third-order valence-corrected chi connectivity index (χ3v) is 4.41. The smallest absolute Gasteiger partial charge is 0.124 e. The van der Waals surface area contributed by atoms with Gasteiger partial charge in [-0.2, -0.15) is 0 Å². The summed E-state index contributed by atoms with van der Waals surface area (Å²) < 4.78 is 10.8. The van der Waals surface area contributed by atoms with Crippen LogP contribution in [0.2, 0.25) is 0 Å². The van der Waals surface area contributed by atoms with Gasteiger partial charge in [-0.25, -0.2) is 4.98 Å². The zero-order valence-corrected chi connectivity index (χ0v) is 16.9. The molecule has 1 N–H and O–H groups in total. The molecule has 0 fully saturated rings. The van der Waals surface area contributed by atoms with Crippen molar-refractivity contribution in [1.82, 2.24) is 9.97 Å². The average Bonchev–Trinajstić information content (AvgIpc) is 2.76. The van der Waals surface area contributed by atoms with Crippen LogP contribution in [0.5, 0.6) is 11.5 Å². The molecule has 0 spiro atoms. The monoisotopic (exact) mass is 396 g/mol. The lowest BCUT2D eigenvalue weighted by atomic mass is 10.2. The van der Waals surface area contributed by atoms with Gasteiger partial charge in [0.15, 0.2) is 0 Å². The Labute approximate surface area is 169 Å². The van der Waals surface area contributed by atoms with Crippen LogP contribution >= 0.6 is 0 Å². The predicted octanol–water partition coefficient (Wildman–Crippen LogP) is 3.15. The lowest BCUT2D eigenvalue weighted by molar-refractivity contribution is 0.213. The molecule has 0 bridgehead atoms. The normalized spacial score (nSPS) is 11.4. The lowest BCUT2D eigenvalue weighted by Gasteiger charge is -2.25. The fourth-order valence-corrected chi connectivity index (χ4v) is 2.98. The first kappa shape index (κ1) is 20.3. The fraction of sp³-hybridized carbons (Fsp3) is 0.286. The molecule has 0 amide bonds. The molecule has 0 unspecified atom stereocenters. The Morgan fingerprint density at radius 2 is 1.72 bits per heavy atom. The zero-order chi connectivity index (χ0) is 20.8. The van der Waals surface area contributed by atoms with Crippen molar-refractivity contribution in [2.45, 2.75) is 6.92 Å². The Bertz CT molecular complexity index is 1000. The molecule has 0 atom stereocenters. The first-order chi connectivity index (χ1) is 14.1. The first-order valence-corrected chi connectivity index (χ1v) is 9.06. The molecule has 1 heterocycles. The highest BCUT2D eigenvalue weighted by Gasteiger charge is 2.14. The molecule has 8 nitrogen and oxygen atoms in total. The molecular weight excluding hydrogens is 372 g/mol. The molecule has 152 valence electrons. The van der Waals surface area contributed by atoms with Crippen LogP contribution in [0.3, 0.4) is 0 Å². The molecular formula is C21H24N4O4. The fourth-order valence-electron chi connectivity index (χ4n) is 2.98. The van der Waals surface area contributed by atoms with Crippen LogP contribution in [0, 0.1) is 0 Å². The number of benzene rings is 2. The number of hydrogen-bond acceptors (Lipinski definition) is 8. The van der Waals surface area contributed by atoms with Crippen molar-refractivity contribution in [1.29, 1.82) is 0 Å². The minimum absolute atomic E-state index is 0.0249. The first-order valence-electron chi connectivity index (χ1n) is 9.06. The largest absolute Gasteiger partial charge is 0.497 e. The predicted molar refractivity (Wildman–Crippen MR) is 112 cm³/mol. The van der Waals surface area contributed by atoms with Gasteiger partial charge in [-0.15, -0.1) is 0 Å². The summed E-state index contributed by atoms with van der Waals surface area (Å²) in [5, 5.41) is 13.6. The Balaban J connectivity index is 2.08. The summed E-state index contributed by atoms with van der Waals surface area (Å²) in [5.41, 5.74) is 4.43. The van der Waals surface area contributed by atoms with Crippen molar-refractivity contribution in [3.8, 4) is 11.5 Å². The van der Waals surface area contributed by atoms with Crippen LogP contribution < -0.4 is 14.4 Å². The molecule has 0 radical (unpaired) electrons. The Morgan fingerprint density at radius 3 is 2.34 bits per heavy atom. The number of anilines is 2. The number of ether oxygens (including phenoxy) is 2. The highest BCUT2D eigenvalue weighted by Crippen LogP contribution is 2.33. The van der Waals surface area contributed by atoms with Crippen LogP contribution in [0.4, 0.5) is 11.4 Å². The molecule has 8 heteroatoms. The van der Waals surface area contributed by atoms with Gasteiger partial charge in [-0.1, -0.05) is 5.16 Å². The zero-order valence-electron chi connectivity index (χ0n) is 16.9. The summed E-state index contributed by atoms with van der Waals surface area (Å²) in [6.07, 6.45) is 1.66. The van der Waals surface area contributed by atoms with Crippen molar-refractivity contribution >= 4 is 28.1 Å². The number of fused-ring (bicyclic) bond motifs is 1. The molecule has 0 aliphatic heterocycles. The number of oxime groups is 1. The van der Waals surface area contributed by atoms with Gasteiger partial charge in [0, 0.05) is 36.1 Å². The van der Waals surface area contributed by atoms with Crippen LogP contribution in [0.1, 0.15) is 12.6 Å². The van der Waals surface area contributed by atoms with E-state index < -0.39 is 0 Å². The maximum absolute atomic E-state index is 9.64. The van der Waals surface area contributed by atoms with Crippen molar-refractivity contribution in [2.24, 2.45) is 5.16 Å². The van der Waals surface area contributed by atoms with Crippen molar-refractivity contribution in [3.63, 3.8) is 0 Å². The molecule has 3 aromatic rings. The summed E-state index contributed by atoms with van der Waals surface area (Å²) in [7, 11) is 4.70. The number of methoxy groups -OCH3 is 2. The Morgan fingerprint density at radius 1 is 1.00 bits per heavy atom. The second kappa shape index (κ2) is 9.20. The van der Waals surface area contributed by atoms with E-state index >= 15 is 0 Å². The van der Waals surface area contributed by atoms with E-state index in [4.69, 9.17) is 14.3 Å². The minimum atomic E-state index is -0.0249. The molecule has 0 saturated carbocycles. The minimum Gasteiger partial charge on any atom is -0.497 e. The lowest BCUT2D eigenvalue weighted by Crippen LogP contribution is -2.21. The van der Waals surface area contributed by atoms with E-state index in [9.17, 15) is 5.11 Å². The van der Waals surface area contributed by atoms with Gasteiger partial charge in [0.05, 0.1) is 38.1 Å². The molecule has 0 aliphatic rings. The highest BCUT2D eigenvalue weighted by atomic mass is 16.6. The number of nitrogens with zero attached hydrogens (tertiary/aromatic N) is 4. The van der Waals surface area contributed by atoms with E-state index in [1.54, 1.807) is 26.5 Å². The van der Waals surface area contributed by atoms with E-state index in [-0.39, 0.29) is 6.61 Å². The quantitative estimate of drug-likeness (QED) is 0.462. The van der Waals surface area contributed by atoms with Gasteiger partial charge in [-0.3, -0.25) is 4.98 Å². The molecule has 3 rings (SSSR count). The van der Waals surface area contributed by atoms with Gasteiger partial charge in [-0.05, 0) is 25.1 Å². The summed E-state index contributed by atoms with van der Waals surface area (Å²) in [6, 6.07) is 11.3. The molecule has 0 saturated heterocycles. The number of aliphatic hydroxyl groups is 1. The molecule has 29 heavy (non-hydrogen) atoms. The Hall–Kier alpha value is -3.39. The van der Waals surface area contributed by atoms with Gasteiger partial charge in [0.2, 0.25) is 0 Å². The third-order valence-electron chi connectivity index (χ3n) is 4.41. The average molecular weight is 396 g/mol. The van der Waals surface area contributed by atoms with Crippen LogP contribution in [0.15, 0.2) is 47.8 Å². The van der Waals surface area contributed by atoms with Crippen LogP contribution in [0.25, 0.3) is 11.0 Å². The third kappa shape index (κ3) is 4.55. The second-order valence-electron chi connectivity index (χ2n) is 6.23. The second-order valence-corrected chi connectivity index (χ2v) is 6.23. The maximum atomic E-state index is 9.64. The maximum Gasteiger partial charge on any atom is 0.124 e. The van der Waals surface area contributed by atoms with Gasteiger partial charge < -0.3 is 24.3 Å². The van der Waals surface area contributed by atoms with Crippen molar-refractivity contribution < 1.29 is 19.4 Å². The van der Waals surface area contributed by atoms with Gasteiger partial charge in [0.25, 0.3) is 0 Å². The standard InChI is InChI=1S/C21H24N4O4/c1-14(24-29-4)21-13-22-19-6-5-15(11-20(19)23-21)25(7-8-26)16-9-17(27-2)12-18(10-16)28-3/h5-6,9-13,26H,7-8H2,1-4H3. The van der Waals surface area contributed by atoms with Gasteiger partial charge >= 0.3 is 0 Å². The summed E-state index contributed by atoms with van der Waals surface area (Å²) in [4.78, 5) is 15.9.